The van der Waals surface area contributed by atoms with Crippen molar-refractivity contribution in [2.45, 2.75) is 53.9 Å². The van der Waals surface area contributed by atoms with E-state index in [1.165, 1.54) is 21.6 Å². The van der Waals surface area contributed by atoms with Crippen molar-refractivity contribution in [3.05, 3.63) is 28.3 Å². The maximum absolute atomic E-state index is 10.4. The third-order valence-corrected chi connectivity index (χ3v) is 5.45. The number of nitriles is 1. The van der Waals surface area contributed by atoms with E-state index in [1.807, 2.05) is 19.9 Å². The summed E-state index contributed by atoms with van der Waals surface area (Å²) in [6.45, 7) is 10.9. The first-order valence-electron chi connectivity index (χ1n) is 8.00. The Labute approximate surface area is 136 Å². The van der Waals surface area contributed by atoms with Crippen LogP contribution in [0.15, 0.2) is 12.1 Å². The summed E-state index contributed by atoms with van der Waals surface area (Å²) in [5, 5.41) is 20.4. The van der Waals surface area contributed by atoms with Crippen molar-refractivity contribution in [3.8, 4) is 6.07 Å². The van der Waals surface area contributed by atoms with Gasteiger partial charge in [0.1, 0.15) is 10.9 Å². The predicted molar refractivity (Wildman–Crippen MR) is 90.2 cm³/mol. The molecule has 3 nitrogen and oxygen atoms in total. The first-order chi connectivity index (χ1) is 10.4. The van der Waals surface area contributed by atoms with E-state index in [0.717, 1.165) is 35.2 Å². The van der Waals surface area contributed by atoms with Crippen LogP contribution in [-0.2, 0) is 12.8 Å². The van der Waals surface area contributed by atoms with Crippen LogP contribution >= 0.6 is 11.3 Å². The van der Waals surface area contributed by atoms with E-state index in [0.29, 0.717) is 16.2 Å². The Bertz CT molecular complexity index is 719. The molecule has 0 saturated carbocycles. The van der Waals surface area contributed by atoms with E-state index in [9.17, 15) is 5.21 Å². The van der Waals surface area contributed by atoms with E-state index >= 15 is 0 Å². The molecular weight excluding hydrogens is 292 g/mol. The minimum atomic E-state index is 0.291. The second kappa shape index (κ2) is 6.26. The van der Waals surface area contributed by atoms with Crippen LogP contribution in [0.25, 0.3) is 10.2 Å². The van der Waals surface area contributed by atoms with Crippen LogP contribution in [0.4, 0.5) is 0 Å². The second-order valence-electron chi connectivity index (χ2n) is 6.72. The van der Waals surface area contributed by atoms with Gasteiger partial charge < -0.3 is 0 Å². The molecule has 0 spiro atoms. The number of rotatable bonds is 0. The molecule has 0 fully saturated rings. The molecule has 1 aliphatic carbocycles. The van der Waals surface area contributed by atoms with E-state index in [-0.39, 0.29) is 0 Å². The average molecular weight is 317 g/mol. The van der Waals surface area contributed by atoms with Crippen molar-refractivity contribution in [3.63, 3.8) is 0 Å². The van der Waals surface area contributed by atoms with Crippen molar-refractivity contribution in [1.29, 1.82) is 5.26 Å². The zero-order valence-corrected chi connectivity index (χ0v) is 14.9. The molecule has 0 saturated heterocycles. The molecule has 2 aromatic rings. The molecule has 1 N–H and O–H groups in total. The summed E-state index contributed by atoms with van der Waals surface area (Å²) >= 11 is 1.35. The van der Waals surface area contributed by atoms with Crippen LogP contribution in [0.5, 0.6) is 0 Å². The molecule has 1 aliphatic rings. The van der Waals surface area contributed by atoms with Crippen molar-refractivity contribution in [2.24, 2.45) is 11.3 Å². The lowest BCUT2D eigenvalue weighted by molar-refractivity contribution is -0.888. The maximum atomic E-state index is 10.4. The monoisotopic (exact) mass is 317 g/mol. The van der Waals surface area contributed by atoms with Crippen LogP contribution in [0, 0.1) is 22.7 Å². The predicted octanol–water partition coefficient (Wildman–Crippen LogP) is 4.47. The Balaban J connectivity index is 0.000000847. The highest BCUT2D eigenvalue weighted by Gasteiger charge is 2.34. The molecular formula is C18H25N2OS+. The fourth-order valence-corrected chi connectivity index (χ4v) is 3.98. The summed E-state index contributed by atoms with van der Waals surface area (Å²) in [5.74, 6) is 0.640. The molecule has 0 aromatic carbocycles. The molecule has 1 atom stereocenters. The van der Waals surface area contributed by atoms with E-state index < -0.39 is 0 Å². The fourth-order valence-electron chi connectivity index (χ4n) is 3.11. The Morgan fingerprint density at radius 2 is 2.00 bits per heavy atom. The van der Waals surface area contributed by atoms with E-state index in [1.54, 1.807) is 0 Å². The molecule has 3 rings (SSSR count). The number of nitrogens with zero attached hydrogens (tertiary/aromatic N) is 2. The molecule has 0 amide bonds. The smallest absolute Gasteiger partial charge is 0.283 e. The SMILES string of the molecule is CC.CC(C)(C)C1CCc2c(cc3cc(C#N)sc3[n+]2O)C1. The second-order valence-corrected chi connectivity index (χ2v) is 7.75. The van der Waals surface area contributed by atoms with Gasteiger partial charge in [-0.3, -0.25) is 5.21 Å². The quantitative estimate of drug-likeness (QED) is 0.575. The zero-order valence-electron chi connectivity index (χ0n) is 14.1. The van der Waals surface area contributed by atoms with Gasteiger partial charge in [-0.1, -0.05) is 46.0 Å². The number of hydrogen-bond acceptors (Lipinski definition) is 3. The minimum absolute atomic E-state index is 0.291. The summed E-state index contributed by atoms with van der Waals surface area (Å²) < 4.78 is 1.31. The first kappa shape index (κ1) is 16.8. The van der Waals surface area contributed by atoms with E-state index in [4.69, 9.17) is 5.26 Å². The summed E-state index contributed by atoms with van der Waals surface area (Å²) in [6.07, 6.45) is 3.02. The normalized spacial score (nSPS) is 17.4. The van der Waals surface area contributed by atoms with Crippen molar-refractivity contribution < 1.29 is 9.94 Å². The average Bonchev–Trinajstić information content (AvgIpc) is 2.91. The van der Waals surface area contributed by atoms with Crippen LogP contribution in [0.3, 0.4) is 0 Å². The minimum Gasteiger partial charge on any atom is -0.283 e. The highest BCUT2D eigenvalue weighted by atomic mass is 32.1. The molecule has 2 aromatic heterocycles. The summed E-state index contributed by atoms with van der Waals surface area (Å²) in [4.78, 5) is 1.44. The number of pyridine rings is 1. The third-order valence-electron chi connectivity index (χ3n) is 4.42. The molecule has 118 valence electrons. The molecule has 1 unspecified atom stereocenters. The van der Waals surface area contributed by atoms with Crippen molar-refractivity contribution >= 4 is 21.6 Å². The Hall–Kier alpha value is -1.60. The highest BCUT2D eigenvalue weighted by Crippen LogP contribution is 2.37. The van der Waals surface area contributed by atoms with Crippen LogP contribution in [0.2, 0.25) is 0 Å². The fraction of sp³-hybridized carbons (Fsp3) is 0.556. The van der Waals surface area contributed by atoms with Gasteiger partial charge in [-0.05, 0) is 36.3 Å². The van der Waals surface area contributed by atoms with Crippen LogP contribution < -0.4 is 4.73 Å². The zero-order chi connectivity index (χ0) is 16.5. The lowest BCUT2D eigenvalue weighted by Crippen LogP contribution is -2.40. The molecule has 22 heavy (non-hydrogen) atoms. The lowest BCUT2D eigenvalue weighted by Gasteiger charge is -2.33. The maximum Gasteiger partial charge on any atom is 0.320 e. The standard InChI is InChI=1S/C16H19N2OS.C2H6/c1-16(2,3)12-4-5-14-10(7-12)6-11-8-13(9-17)20-15(11)18(14)19;1-2/h6,8,12,19H,4-5,7H2,1-3H3;1-2H3/q+1;. The topological polar surface area (TPSA) is 47.9 Å². The van der Waals surface area contributed by atoms with Gasteiger partial charge in [0.25, 0.3) is 0 Å². The third kappa shape index (κ3) is 2.96. The van der Waals surface area contributed by atoms with Gasteiger partial charge >= 0.3 is 4.83 Å². The Morgan fingerprint density at radius 3 is 2.59 bits per heavy atom. The number of hydrogen-bond donors (Lipinski definition) is 1. The summed E-state index contributed by atoms with van der Waals surface area (Å²) in [7, 11) is 0. The lowest BCUT2D eigenvalue weighted by atomic mass is 9.71. The number of aromatic nitrogens is 1. The van der Waals surface area contributed by atoms with Gasteiger partial charge in [-0.15, -0.1) is 0 Å². The van der Waals surface area contributed by atoms with Gasteiger partial charge in [-0.25, -0.2) is 0 Å². The van der Waals surface area contributed by atoms with Gasteiger partial charge in [0.15, 0.2) is 0 Å². The van der Waals surface area contributed by atoms with Crippen LogP contribution in [-0.4, -0.2) is 5.21 Å². The largest absolute Gasteiger partial charge is 0.320 e. The van der Waals surface area contributed by atoms with E-state index in [2.05, 4.69) is 32.9 Å². The Morgan fingerprint density at radius 1 is 1.32 bits per heavy atom. The van der Waals surface area contributed by atoms with Gasteiger partial charge in [-0.2, -0.15) is 5.26 Å². The van der Waals surface area contributed by atoms with Gasteiger partial charge in [0.2, 0.25) is 5.69 Å². The number of fused-ring (bicyclic) bond motifs is 2. The van der Waals surface area contributed by atoms with Crippen molar-refractivity contribution in [1.82, 2.24) is 0 Å². The van der Waals surface area contributed by atoms with Crippen molar-refractivity contribution in [2.75, 3.05) is 0 Å². The Kier molecular flexibility index (Phi) is 4.77. The summed E-state index contributed by atoms with van der Waals surface area (Å²) in [6, 6.07) is 6.19. The molecule has 0 aliphatic heterocycles. The first-order valence-corrected chi connectivity index (χ1v) is 8.81. The molecule has 2 heterocycles. The van der Waals surface area contributed by atoms with Gasteiger partial charge in [0.05, 0.1) is 5.39 Å². The van der Waals surface area contributed by atoms with Crippen LogP contribution in [0.1, 0.15) is 57.2 Å². The highest BCUT2D eigenvalue weighted by molar-refractivity contribution is 7.18. The molecule has 0 radical (unpaired) electrons. The molecule has 0 bridgehead atoms. The molecule has 4 heteroatoms. The number of thiophene rings is 1. The van der Waals surface area contributed by atoms with Gasteiger partial charge in [0, 0.05) is 16.7 Å². The summed E-state index contributed by atoms with van der Waals surface area (Å²) in [5.41, 5.74) is 2.54.